The molecule has 0 radical (unpaired) electrons. The van der Waals surface area contributed by atoms with Crippen molar-refractivity contribution in [3.63, 3.8) is 0 Å². The van der Waals surface area contributed by atoms with Gasteiger partial charge in [-0.05, 0) is 55.3 Å². The Hall–Kier alpha value is -2.99. The number of nitrogens with one attached hydrogen (secondary N) is 1. The summed E-state index contributed by atoms with van der Waals surface area (Å²) in [4.78, 5) is 18.4. The van der Waals surface area contributed by atoms with Crippen LogP contribution in [0.3, 0.4) is 0 Å². The molecule has 0 aliphatic rings. The second kappa shape index (κ2) is 8.80. The summed E-state index contributed by atoms with van der Waals surface area (Å²) in [5.41, 5.74) is 4.19. The van der Waals surface area contributed by atoms with Crippen LogP contribution in [0.5, 0.6) is 0 Å². The standard InChI is InChI=1S/C22H27N5O/c1-16(2)18-5-9-20(10-6-18)25-22(28)13-26(4)17(3)19-7-11-21(12-8-19)27-15-23-14-24-27/h5-12,14-17H,13H2,1-4H3,(H,25,28)/t17-/m1/s1. The Morgan fingerprint density at radius 2 is 1.68 bits per heavy atom. The van der Waals surface area contributed by atoms with Crippen LogP contribution in [0.2, 0.25) is 0 Å². The van der Waals surface area contributed by atoms with Crippen LogP contribution in [0.25, 0.3) is 5.69 Å². The van der Waals surface area contributed by atoms with Gasteiger partial charge in [-0.25, -0.2) is 9.67 Å². The van der Waals surface area contributed by atoms with Crippen LogP contribution in [-0.2, 0) is 4.79 Å². The van der Waals surface area contributed by atoms with Crippen LogP contribution in [0.1, 0.15) is 43.9 Å². The fraction of sp³-hybridized carbons (Fsp3) is 0.318. The molecule has 0 saturated carbocycles. The maximum atomic E-state index is 12.4. The number of carbonyl (C=O) groups excluding carboxylic acids is 1. The van der Waals surface area contributed by atoms with E-state index in [0.29, 0.717) is 12.5 Å². The SMILES string of the molecule is CC(C)c1ccc(NC(=O)CN(C)[C@H](C)c2ccc(-n3cncn3)cc2)cc1. The predicted octanol–water partition coefficient (Wildman–Crippen LogP) is 4.02. The van der Waals surface area contributed by atoms with Gasteiger partial charge in [-0.2, -0.15) is 5.10 Å². The van der Waals surface area contributed by atoms with Crippen molar-refractivity contribution >= 4 is 11.6 Å². The molecule has 6 heteroatoms. The Balaban J connectivity index is 1.57. The van der Waals surface area contributed by atoms with Gasteiger partial charge in [0.05, 0.1) is 12.2 Å². The Labute approximate surface area is 166 Å². The van der Waals surface area contributed by atoms with Crippen LogP contribution < -0.4 is 5.32 Å². The van der Waals surface area contributed by atoms with Gasteiger partial charge >= 0.3 is 0 Å². The van der Waals surface area contributed by atoms with Gasteiger partial charge in [0.2, 0.25) is 5.91 Å². The molecule has 0 spiro atoms. The number of anilines is 1. The number of nitrogens with zero attached hydrogens (tertiary/aromatic N) is 4. The van der Waals surface area contributed by atoms with E-state index in [1.165, 1.54) is 11.9 Å². The van der Waals surface area contributed by atoms with E-state index in [-0.39, 0.29) is 11.9 Å². The zero-order valence-corrected chi connectivity index (χ0v) is 16.8. The summed E-state index contributed by atoms with van der Waals surface area (Å²) in [6.45, 7) is 6.72. The molecule has 1 atom stereocenters. The number of hydrogen-bond donors (Lipinski definition) is 1. The van der Waals surface area contributed by atoms with Gasteiger partial charge in [-0.1, -0.05) is 38.1 Å². The third-order valence-electron chi connectivity index (χ3n) is 4.97. The first-order valence-corrected chi connectivity index (χ1v) is 9.49. The maximum Gasteiger partial charge on any atom is 0.238 e. The third-order valence-corrected chi connectivity index (χ3v) is 4.97. The summed E-state index contributed by atoms with van der Waals surface area (Å²) in [7, 11) is 1.96. The molecule has 146 valence electrons. The summed E-state index contributed by atoms with van der Waals surface area (Å²) in [6.07, 6.45) is 3.18. The largest absolute Gasteiger partial charge is 0.325 e. The van der Waals surface area contributed by atoms with E-state index >= 15 is 0 Å². The van der Waals surface area contributed by atoms with Crippen LogP contribution in [0.15, 0.2) is 61.2 Å². The molecule has 0 aliphatic heterocycles. The number of benzene rings is 2. The molecule has 3 rings (SSSR count). The monoisotopic (exact) mass is 377 g/mol. The van der Waals surface area contributed by atoms with Crippen molar-refractivity contribution < 1.29 is 4.79 Å². The molecule has 1 amide bonds. The highest BCUT2D eigenvalue weighted by atomic mass is 16.2. The highest BCUT2D eigenvalue weighted by Crippen LogP contribution is 2.21. The van der Waals surface area contributed by atoms with Gasteiger partial charge in [0.1, 0.15) is 12.7 Å². The van der Waals surface area contributed by atoms with Crippen LogP contribution in [-0.4, -0.2) is 39.2 Å². The van der Waals surface area contributed by atoms with Gasteiger partial charge < -0.3 is 5.32 Å². The van der Waals surface area contributed by atoms with Crippen molar-refractivity contribution in [2.75, 3.05) is 18.9 Å². The smallest absolute Gasteiger partial charge is 0.238 e. The third kappa shape index (κ3) is 4.84. The molecule has 3 aromatic rings. The zero-order chi connectivity index (χ0) is 20.1. The number of likely N-dealkylation sites (N-methyl/N-ethyl adjacent to an activating group) is 1. The summed E-state index contributed by atoms with van der Waals surface area (Å²) in [5.74, 6) is 0.457. The first kappa shape index (κ1) is 19.8. The molecule has 28 heavy (non-hydrogen) atoms. The predicted molar refractivity (Wildman–Crippen MR) is 112 cm³/mol. The second-order valence-corrected chi connectivity index (χ2v) is 7.35. The molecule has 0 bridgehead atoms. The van der Waals surface area contributed by atoms with Crippen molar-refractivity contribution in [3.05, 3.63) is 72.3 Å². The fourth-order valence-electron chi connectivity index (χ4n) is 3.02. The summed E-state index contributed by atoms with van der Waals surface area (Å²) < 4.78 is 1.72. The maximum absolute atomic E-state index is 12.4. The highest BCUT2D eigenvalue weighted by molar-refractivity contribution is 5.92. The zero-order valence-electron chi connectivity index (χ0n) is 16.8. The molecular formula is C22H27N5O. The Morgan fingerprint density at radius 3 is 2.25 bits per heavy atom. The Morgan fingerprint density at radius 1 is 1.04 bits per heavy atom. The number of rotatable bonds is 7. The number of amides is 1. The van der Waals surface area contributed by atoms with E-state index in [1.807, 2.05) is 36.2 Å². The Bertz CT molecular complexity index is 886. The van der Waals surface area contributed by atoms with E-state index in [2.05, 4.69) is 60.4 Å². The molecular weight excluding hydrogens is 350 g/mol. The second-order valence-electron chi connectivity index (χ2n) is 7.35. The first-order valence-electron chi connectivity index (χ1n) is 9.49. The lowest BCUT2D eigenvalue weighted by Gasteiger charge is -2.24. The fourth-order valence-corrected chi connectivity index (χ4v) is 3.02. The van der Waals surface area contributed by atoms with Crippen molar-refractivity contribution in [2.24, 2.45) is 0 Å². The van der Waals surface area contributed by atoms with Gasteiger partial charge in [-0.3, -0.25) is 9.69 Å². The molecule has 0 saturated heterocycles. The average molecular weight is 377 g/mol. The van der Waals surface area contributed by atoms with Crippen molar-refractivity contribution in [2.45, 2.75) is 32.7 Å². The van der Waals surface area contributed by atoms with Crippen LogP contribution in [0, 0.1) is 0 Å². The number of hydrogen-bond acceptors (Lipinski definition) is 4. The molecule has 1 heterocycles. The van der Waals surface area contributed by atoms with E-state index in [1.54, 1.807) is 11.0 Å². The van der Waals surface area contributed by atoms with E-state index in [4.69, 9.17) is 0 Å². The van der Waals surface area contributed by atoms with Gasteiger partial charge in [0, 0.05) is 11.7 Å². The topological polar surface area (TPSA) is 63.1 Å². The number of aromatic nitrogens is 3. The lowest BCUT2D eigenvalue weighted by Crippen LogP contribution is -2.32. The minimum absolute atomic E-state index is 0.0223. The van der Waals surface area contributed by atoms with E-state index in [0.717, 1.165) is 16.9 Å². The molecule has 1 aromatic heterocycles. The first-order chi connectivity index (χ1) is 13.4. The van der Waals surface area contributed by atoms with Gasteiger partial charge in [-0.15, -0.1) is 0 Å². The van der Waals surface area contributed by atoms with E-state index < -0.39 is 0 Å². The lowest BCUT2D eigenvalue weighted by atomic mass is 10.0. The minimum Gasteiger partial charge on any atom is -0.325 e. The summed E-state index contributed by atoms with van der Waals surface area (Å²) in [5, 5.41) is 7.11. The molecule has 0 aliphatic carbocycles. The number of carbonyl (C=O) groups is 1. The minimum atomic E-state index is -0.0223. The quantitative estimate of drug-likeness (QED) is 0.675. The molecule has 0 unspecified atom stereocenters. The average Bonchev–Trinajstić information content (AvgIpc) is 3.22. The lowest BCUT2D eigenvalue weighted by molar-refractivity contribution is -0.117. The van der Waals surface area contributed by atoms with Gasteiger partial charge in [0.25, 0.3) is 0 Å². The van der Waals surface area contributed by atoms with Gasteiger partial charge in [0.15, 0.2) is 0 Å². The molecule has 2 aromatic carbocycles. The van der Waals surface area contributed by atoms with Crippen LogP contribution >= 0.6 is 0 Å². The van der Waals surface area contributed by atoms with Crippen molar-refractivity contribution in [1.82, 2.24) is 19.7 Å². The molecule has 1 N–H and O–H groups in total. The molecule has 0 fully saturated rings. The normalized spacial score (nSPS) is 12.4. The van der Waals surface area contributed by atoms with Crippen molar-refractivity contribution in [3.8, 4) is 5.69 Å². The summed E-state index contributed by atoms with van der Waals surface area (Å²) >= 11 is 0. The molecule has 6 nitrogen and oxygen atoms in total. The van der Waals surface area contributed by atoms with Crippen molar-refractivity contribution in [1.29, 1.82) is 0 Å². The Kier molecular flexibility index (Phi) is 6.21. The summed E-state index contributed by atoms with van der Waals surface area (Å²) in [6, 6.07) is 16.3. The van der Waals surface area contributed by atoms with E-state index in [9.17, 15) is 4.79 Å². The van der Waals surface area contributed by atoms with Crippen LogP contribution in [0.4, 0.5) is 5.69 Å². The highest BCUT2D eigenvalue weighted by Gasteiger charge is 2.15.